The van der Waals surface area contributed by atoms with Gasteiger partial charge in [-0.3, -0.25) is 0 Å². The normalized spacial score (nSPS) is 8.25. The molecule has 0 aromatic rings. The predicted molar refractivity (Wildman–Crippen MR) is 60.6 cm³/mol. The molecule has 0 N–H and O–H groups in total. The zero-order chi connectivity index (χ0) is 10.7. The van der Waals surface area contributed by atoms with Gasteiger partial charge in [-0.15, -0.1) is 15.8 Å². The summed E-state index contributed by atoms with van der Waals surface area (Å²) >= 11 is 6.53. The van der Waals surface area contributed by atoms with Gasteiger partial charge in [-0.2, -0.15) is 0 Å². The third-order valence-electron chi connectivity index (χ3n) is 0. The second-order valence-electron chi connectivity index (χ2n) is 2.89. The van der Waals surface area contributed by atoms with Crippen LogP contribution in [0.3, 0.4) is 0 Å². The molecule has 12 heavy (non-hydrogen) atoms. The SMILES string of the molecule is CP(C)C.CP(C)C.O=[C](Cl)[Rh]. The Balaban J connectivity index is -0.000000101. The van der Waals surface area contributed by atoms with Crippen molar-refractivity contribution in [3.05, 3.63) is 0 Å². The fourth-order valence-electron chi connectivity index (χ4n) is 0. The van der Waals surface area contributed by atoms with E-state index in [2.05, 4.69) is 51.6 Å². The Kier molecular flexibility index (Phi) is 23.8. The zero-order valence-electron chi connectivity index (χ0n) is 8.51. The van der Waals surface area contributed by atoms with E-state index in [1.807, 2.05) is 18.3 Å². The first-order valence-corrected chi connectivity index (χ1v) is 9.81. The Morgan fingerprint density at radius 1 is 1.00 bits per heavy atom. The molecule has 1 nitrogen and oxygen atoms in total. The van der Waals surface area contributed by atoms with Gasteiger partial charge in [0.15, 0.2) is 0 Å². The molecule has 78 valence electrons. The van der Waals surface area contributed by atoms with Crippen LogP contribution in [0.25, 0.3) is 0 Å². The van der Waals surface area contributed by atoms with Crippen molar-refractivity contribution in [3.63, 3.8) is 0 Å². The predicted octanol–water partition coefficient (Wildman–Crippen LogP) is 3.61. The molecule has 0 aliphatic rings. The van der Waals surface area contributed by atoms with E-state index in [4.69, 9.17) is 4.79 Å². The second-order valence-corrected chi connectivity index (χ2v) is 9.80. The second kappa shape index (κ2) is 14.9. The summed E-state index contributed by atoms with van der Waals surface area (Å²) < 4.78 is -0.471. The van der Waals surface area contributed by atoms with E-state index in [0.29, 0.717) is 15.8 Å². The van der Waals surface area contributed by atoms with E-state index in [1.54, 1.807) is 0 Å². The van der Waals surface area contributed by atoms with Crippen LogP contribution in [0.1, 0.15) is 0 Å². The standard InChI is InChI=1S/2C3H9P.CClO.Rh/c2*1-4(2)3;2-1-3;/h2*1-3H3;;. The molecule has 0 saturated heterocycles. The van der Waals surface area contributed by atoms with Crippen molar-refractivity contribution in [1.82, 2.24) is 0 Å². The van der Waals surface area contributed by atoms with Gasteiger partial charge < -0.3 is 0 Å². The summed E-state index contributed by atoms with van der Waals surface area (Å²) in [6, 6.07) is 0. The monoisotopic (exact) mass is 318 g/mol. The molecule has 0 aliphatic carbocycles. The van der Waals surface area contributed by atoms with E-state index >= 15 is 0 Å². The van der Waals surface area contributed by atoms with Gasteiger partial charge in [-0.25, -0.2) is 0 Å². The third-order valence-corrected chi connectivity index (χ3v) is 0. The van der Waals surface area contributed by atoms with Crippen molar-refractivity contribution >= 4 is 31.3 Å². The number of carbonyl (C=O) groups is 1. The molecule has 0 bridgehead atoms. The first-order valence-electron chi connectivity index (χ1n) is 3.24. The van der Waals surface area contributed by atoms with Gasteiger partial charge in [0.1, 0.15) is 0 Å². The van der Waals surface area contributed by atoms with Gasteiger partial charge in [0.05, 0.1) is 0 Å². The van der Waals surface area contributed by atoms with E-state index in [9.17, 15) is 0 Å². The Labute approximate surface area is 94.2 Å². The van der Waals surface area contributed by atoms with Gasteiger partial charge in [0, 0.05) is 0 Å². The van der Waals surface area contributed by atoms with Crippen molar-refractivity contribution in [2.75, 3.05) is 40.0 Å². The van der Waals surface area contributed by atoms with E-state index in [-0.39, 0.29) is 0 Å². The molecule has 0 radical (unpaired) electrons. The fraction of sp³-hybridized carbons (Fsp3) is 0.857. The van der Waals surface area contributed by atoms with Crippen LogP contribution in [0.5, 0.6) is 0 Å². The third kappa shape index (κ3) is 599. The average molecular weight is 319 g/mol. The molecule has 0 fully saturated rings. The summed E-state index contributed by atoms with van der Waals surface area (Å²) in [7, 11) is 0.759. The number of carbonyl (C=O) groups excluding carboxylic acids is 1. The van der Waals surface area contributed by atoms with Crippen LogP contribution >= 0.6 is 27.4 Å². The summed E-state index contributed by atoms with van der Waals surface area (Å²) in [5.74, 6) is 0. The van der Waals surface area contributed by atoms with Gasteiger partial charge in [0.25, 0.3) is 0 Å². The van der Waals surface area contributed by atoms with Crippen molar-refractivity contribution < 1.29 is 23.1 Å². The average Bonchev–Trinajstić information content (AvgIpc) is 1.54. The summed E-state index contributed by atoms with van der Waals surface area (Å²) in [6.45, 7) is 13.4. The van der Waals surface area contributed by atoms with Crippen LogP contribution in [-0.4, -0.2) is 43.8 Å². The molecule has 0 heterocycles. The van der Waals surface area contributed by atoms with Crippen molar-refractivity contribution in [1.29, 1.82) is 0 Å². The fourth-order valence-corrected chi connectivity index (χ4v) is 0. The maximum absolute atomic E-state index is 9.16. The molecular weight excluding hydrogens is 300 g/mol. The molecule has 0 unspecified atom stereocenters. The topological polar surface area (TPSA) is 17.1 Å². The first-order chi connectivity index (χ1) is 5.20. The van der Waals surface area contributed by atoms with Crippen LogP contribution in [0.2, 0.25) is 0 Å². The molecule has 0 aliphatic heterocycles. The molecule has 0 aromatic carbocycles. The van der Waals surface area contributed by atoms with E-state index < -0.39 is 3.84 Å². The molecule has 5 heteroatoms. The van der Waals surface area contributed by atoms with Crippen LogP contribution < -0.4 is 0 Å². The Hall–Kier alpha value is 1.44. The molecule has 0 aromatic heterocycles. The maximum atomic E-state index is 9.16. The zero-order valence-corrected chi connectivity index (χ0v) is 12.7. The number of hydrogen-bond acceptors (Lipinski definition) is 1. The quantitative estimate of drug-likeness (QED) is 0.379. The molecule has 0 atom stereocenters. The summed E-state index contributed by atoms with van der Waals surface area (Å²) in [5, 5.41) is 0. The first kappa shape index (κ1) is 19.1. The summed E-state index contributed by atoms with van der Waals surface area (Å²) in [5.41, 5.74) is 0. The van der Waals surface area contributed by atoms with Crippen LogP contribution in [0.4, 0.5) is 4.79 Å². The molecule has 0 saturated carbocycles. The van der Waals surface area contributed by atoms with E-state index in [1.165, 1.54) is 0 Å². The Morgan fingerprint density at radius 3 is 1.00 bits per heavy atom. The molecular formula is C7H18ClOP2Rh. The van der Waals surface area contributed by atoms with Crippen LogP contribution in [-0.2, 0) is 18.3 Å². The molecule has 0 rings (SSSR count). The van der Waals surface area contributed by atoms with Gasteiger partial charge in [-0.05, 0) is 40.0 Å². The van der Waals surface area contributed by atoms with Crippen molar-refractivity contribution in [2.24, 2.45) is 0 Å². The summed E-state index contributed by atoms with van der Waals surface area (Å²) in [6.07, 6.45) is 0. The van der Waals surface area contributed by atoms with Gasteiger partial charge in [0.2, 0.25) is 0 Å². The van der Waals surface area contributed by atoms with Gasteiger partial charge in [-0.1, -0.05) is 0 Å². The van der Waals surface area contributed by atoms with Gasteiger partial charge >= 0.3 is 38.5 Å². The minimum atomic E-state index is -0.471. The Morgan fingerprint density at radius 2 is 1.00 bits per heavy atom. The Bertz CT molecular complexity index is 83.9. The van der Waals surface area contributed by atoms with E-state index in [0.717, 1.165) is 0 Å². The van der Waals surface area contributed by atoms with Crippen molar-refractivity contribution in [3.8, 4) is 0 Å². The number of hydrogen-bond donors (Lipinski definition) is 0. The number of halogens is 1. The van der Waals surface area contributed by atoms with Crippen LogP contribution in [0, 0.1) is 0 Å². The number of rotatable bonds is 0. The molecule has 0 spiro atoms. The minimum absolute atomic E-state index is 0.380. The van der Waals surface area contributed by atoms with Crippen LogP contribution in [0.15, 0.2) is 0 Å². The van der Waals surface area contributed by atoms with Crippen molar-refractivity contribution in [2.45, 2.75) is 0 Å². The molecule has 0 amide bonds. The summed E-state index contributed by atoms with van der Waals surface area (Å²) in [4.78, 5) is 9.16.